The molecule has 1 unspecified atom stereocenters. The third kappa shape index (κ3) is 3.73. The lowest BCUT2D eigenvalue weighted by atomic mass is 10.1. The Bertz CT molecular complexity index is 1170. The fourth-order valence-corrected chi connectivity index (χ4v) is 4.19. The number of nitrogens with zero attached hydrogens (tertiary/aromatic N) is 1. The SMILES string of the molecule is CCOC(=O)c1c(C)n(C)c2ccc(/C=C/S(=N)(=O)c3ccc(C)cc3)cc12. The molecule has 28 heavy (non-hydrogen) atoms. The lowest BCUT2D eigenvalue weighted by Crippen LogP contribution is -2.06. The van der Waals surface area contributed by atoms with Gasteiger partial charge >= 0.3 is 5.97 Å². The number of carbonyl (C=O) groups is 1. The summed E-state index contributed by atoms with van der Waals surface area (Å²) >= 11 is 0. The van der Waals surface area contributed by atoms with Crippen molar-refractivity contribution in [2.45, 2.75) is 25.7 Å². The fraction of sp³-hybridized carbons (Fsp3) is 0.227. The van der Waals surface area contributed by atoms with Crippen molar-refractivity contribution >= 4 is 32.7 Å². The van der Waals surface area contributed by atoms with E-state index in [0.717, 1.165) is 27.7 Å². The number of ether oxygens (including phenoxy) is 1. The van der Waals surface area contributed by atoms with Crippen LogP contribution in [0.5, 0.6) is 0 Å². The predicted octanol–water partition coefficient (Wildman–Crippen LogP) is 5.05. The summed E-state index contributed by atoms with van der Waals surface area (Å²) in [6.07, 6.45) is 1.67. The number of aromatic nitrogens is 1. The van der Waals surface area contributed by atoms with E-state index in [9.17, 15) is 9.00 Å². The number of carbonyl (C=O) groups excluding carboxylic acids is 1. The monoisotopic (exact) mass is 396 g/mol. The smallest absolute Gasteiger partial charge is 0.340 e. The van der Waals surface area contributed by atoms with E-state index >= 15 is 0 Å². The molecule has 146 valence electrons. The minimum atomic E-state index is -3.04. The molecule has 3 aromatic rings. The summed E-state index contributed by atoms with van der Waals surface area (Å²) < 4.78 is 28.1. The lowest BCUT2D eigenvalue weighted by molar-refractivity contribution is 0.0527. The molecule has 0 saturated heterocycles. The zero-order valence-electron chi connectivity index (χ0n) is 16.5. The van der Waals surface area contributed by atoms with Gasteiger partial charge in [0, 0.05) is 29.1 Å². The van der Waals surface area contributed by atoms with E-state index in [0.29, 0.717) is 17.1 Å². The van der Waals surface area contributed by atoms with Gasteiger partial charge in [0.25, 0.3) is 0 Å². The summed E-state index contributed by atoms with van der Waals surface area (Å²) in [4.78, 5) is 12.9. The van der Waals surface area contributed by atoms with Crippen LogP contribution >= 0.6 is 0 Å². The van der Waals surface area contributed by atoms with Crippen molar-refractivity contribution in [1.82, 2.24) is 4.57 Å². The summed E-state index contributed by atoms with van der Waals surface area (Å²) in [6.45, 7) is 5.92. The van der Waals surface area contributed by atoms with Crippen molar-refractivity contribution in [2.75, 3.05) is 6.61 Å². The van der Waals surface area contributed by atoms with Crippen LogP contribution in [0.15, 0.2) is 52.8 Å². The van der Waals surface area contributed by atoms with Gasteiger partial charge in [0.1, 0.15) is 0 Å². The Morgan fingerprint density at radius 2 is 1.86 bits per heavy atom. The molecule has 0 fully saturated rings. The van der Waals surface area contributed by atoms with Gasteiger partial charge in [0.15, 0.2) is 0 Å². The maximum absolute atomic E-state index is 12.8. The highest BCUT2D eigenvalue weighted by Crippen LogP contribution is 2.27. The average molecular weight is 397 g/mol. The third-order valence-corrected chi connectivity index (χ3v) is 6.31. The Labute approximate surface area is 165 Å². The van der Waals surface area contributed by atoms with Gasteiger partial charge in [-0.05, 0) is 56.7 Å². The summed E-state index contributed by atoms with van der Waals surface area (Å²) in [5.41, 5.74) is 4.12. The average Bonchev–Trinajstić information content (AvgIpc) is 2.91. The second-order valence-corrected chi connectivity index (χ2v) is 8.68. The Balaban J connectivity index is 2.02. The summed E-state index contributed by atoms with van der Waals surface area (Å²) in [6, 6.07) is 12.8. The molecule has 0 aliphatic rings. The van der Waals surface area contributed by atoms with Crippen molar-refractivity contribution in [3.63, 3.8) is 0 Å². The molecule has 5 nitrogen and oxygen atoms in total. The van der Waals surface area contributed by atoms with Crippen LogP contribution in [0.25, 0.3) is 17.0 Å². The number of rotatable bonds is 5. The Morgan fingerprint density at radius 1 is 1.18 bits per heavy atom. The molecule has 1 atom stereocenters. The molecule has 6 heteroatoms. The maximum atomic E-state index is 12.8. The minimum Gasteiger partial charge on any atom is -0.462 e. The van der Waals surface area contributed by atoms with Crippen molar-refractivity contribution in [2.24, 2.45) is 7.05 Å². The molecule has 1 heterocycles. The highest BCUT2D eigenvalue weighted by Gasteiger charge is 2.19. The first kappa shape index (κ1) is 19.9. The predicted molar refractivity (Wildman–Crippen MR) is 113 cm³/mol. The van der Waals surface area contributed by atoms with Crippen LogP contribution < -0.4 is 0 Å². The van der Waals surface area contributed by atoms with Crippen LogP contribution in [-0.4, -0.2) is 21.4 Å². The number of hydrogen-bond acceptors (Lipinski definition) is 4. The van der Waals surface area contributed by atoms with Gasteiger partial charge < -0.3 is 9.30 Å². The molecule has 3 rings (SSSR count). The number of esters is 1. The molecule has 0 spiro atoms. The van der Waals surface area contributed by atoms with E-state index in [1.165, 1.54) is 5.41 Å². The topological polar surface area (TPSA) is 72.2 Å². The standard InChI is InChI=1S/C22H24N2O3S/c1-5-27-22(25)21-16(3)24(4)20-11-8-17(14-19(20)21)12-13-28(23,26)18-9-6-15(2)7-10-18/h6-14,23H,5H2,1-4H3/b13-12+. The molecule has 1 N–H and O–H groups in total. The van der Waals surface area contributed by atoms with E-state index in [4.69, 9.17) is 9.52 Å². The quantitative estimate of drug-likeness (QED) is 0.614. The number of nitrogens with one attached hydrogen (secondary N) is 1. The van der Waals surface area contributed by atoms with Crippen molar-refractivity contribution in [3.05, 3.63) is 70.3 Å². The molecule has 0 radical (unpaired) electrons. The second kappa shape index (κ2) is 7.64. The molecule has 2 aromatic carbocycles. The van der Waals surface area contributed by atoms with E-state index in [1.807, 2.05) is 55.8 Å². The van der Waals surface area contributed by atoms with Gasteiger partial charge in [-0.25, -0.2) is 13.8 Å². The maximum Gasteiger partial charge on any atom is 0.340 e. The van der Waals surface area contributed by atoms with Crippen LogP contribution in [-0.2, 0) is 21.5 Å². The van der Waals surface area contributed by atoms with E-state index in [-0.39, 0.29) is 5.97 Å². The molecular weight excluding hydrogens is 372 g/mol. The Morgan fingerprint density at radius 3 is 2.50 bits per heavy atom. The van der Waals surface area contributed by atoms with Crippen molar-refractivity contribution in [3.8, 4) is 0 Å². The van der Waals surface area contributed by atoms with Gasteiger partial charge in [-0.15, -0.1) is 0 Å². The first-order chi connectivity index (χ1) is 13.2. The normalized spacial score (nSPS) is 13.7. The molecular formula is C22H24N2O3S. The summed E-state index contributed by atoms with van der Waals surface area (Å²) in [5, 5.41) is 2.20. The summed E-state index contributed by atoms with van der Waals surface area (Å²) in [7, 11) is -1.14. The van der Waals surface area contributed by atoms with Crippen LogP contribution in [0.1, 0.15) is 34.1 Å². The molecule has 0 saturated carbocycles. The zero-order valence-corrected chi connectivity index (χ0v) is 17.3. The molecule has 0 aliphatic heterocycles. The van der Waals surface area contributed by atoms with Gasteiger partial charge in [-0.2, -0.15) is 0 Å². The largest absolute Gasteiger partial charge is 0.462 e. The molecule has 0 bridgehead atoms. The number of benzene rings is 2. The number of aryl methyl sites for hydroxylation is 2. The Hall–Kier alpha value is -2.86. The lowest BCUT2D eigenvalue weighted by Gasteiger charge is -2.04. The minimum absolute atomic E-state index is 0.311. The van der Waals surface area contributed by atoms with Crippen LogP contribution in [0.2, 0.25) is 0 Å². The van der Waals surface area contributed by atoms with Gasteiger partial charge in [-0.1, -0.05) is 23.8 Å². The fourth-order valence-electron chi connectivity index (χ4n) is 3.15. The van der Waals surface area contributed by atoms with Gasteiger partial charge in [-0.3, -0.25) is 0 Å². The van der Waals surface area contributed by atoms with E-state index in [2.05, 4.69) is 0 Å². The first-order valence-corrected chi connectivity index (χ1v) is 10.7. The van der Waals surface area contributed by atoms with Crippen LogP contribution in [0.4, 0.5) is 0 Å². The summed E-state index contributed by atoms with van der Waals surface area (Å²) in [5.74, 6) is -0.351. The van der Waals surface area contributed by atoms with Crippen LogP contribution in [0, 0.1) is 18.6 Å². The number of fused-ring (bicyclic) bond motifs is 1. The van der Waals surface area contributed by atoms with Crippen LogP contribution in [0.3, 0.4) is 0 Å². The van der Waals surface area contributed by atoms with Gasteiger partial charge in [0.2, 0.25) is 0 Å². The number of hydrogen-bond donors (Lipinski definition) is 1. The zero-order chi connectivity index (χ0) is 20.5. The second-order valence-electron chi connectivity index (χ2n) is 6.73. The molecule has 0 aliphatic carbocycles. The first-order valence-electron chi connectivity index (χ1n) is 9.04. The highest BCUT2D eigenvalue weighted by atomic mass is 32.2. The van der Waals surface area contributed by atoms with E-state index < -0.39 is 9.73 Å². The van der Waals surface area contributed by atoms with Crippen molar-refractivity contribution in [1.29, 1.82) is 4.78 Å². The molecule has 0 amide bonds. The van der Waals surface area contributed by atoms with E-state index in [1.54, 1.807) is 25.1 Å². The van der Waals surface area contributed by atoms with Crippen molar-refractivity contribution < 1.29 is 13.7 Å². The molecule has 1 aromatic heterocycles. The Kier molecular flexibility index (Phi) is 5.42. The highest BCUT2D eigenvalue weighted by molar-refractivity contribution is 7.95. The third-order valence-electron chi connectivity index (χ3n) is 4.82. The van der Waals surface area contributed by atoms with Gasteiger partial charge in [0.05, 0.1) is 26.8 Å².